The number of nitrogens with one attached hydrogen (secondary N) is 1. The van der Waals surface area contributed by atoms with Crippen LogP contribution in [0.25, 0.3) is 5.69 Å². The maximum atomic E-state index is 9.88. The topological polar surface area (TPSA) is 53.3 Å². The van der Waals surface area contributed by atoms with E-state index in [0.717, 1.165) is 17.8 Å². The number of nitrogens with zero attached hydrogens (tertiary/aromatic N) is 3. The zero-order valence-corrected chi connectivity index (χ0v) is 21.3. The number of anilines is 1. The van der Waals surface area contributed by atoms with E-state index in [1.165, 1.54) is 33.8 Å². The molecule has 0 bridgehead atoms. The Bertz CT molecular complexity index is 1380. The highest BCUT2D eigenvalue weighted by Crippen LogP contribution is 2.44. The molecule has 2 aromatic heterocycles. The maximum absolute atomic E-state index is 9.88. The van der Waals surface area contributed by atoms with Gasteiger partial charge < -0.3 is 19.9 Å². The highest BCUT2D eigenvalue weighted by atomic mass is 32.1. The van der Waals surface area contributed by atoms with Gasteiger partial charge in [0.2, 0.25) is 0 Å². The molecule has 0 unspecified atom stereocenters. The third-order valence-corrected chi connectivity index (χ3v) is 7.26. The summed E-state index contributed by atoms with van der Waals surface area (Å²) in [6, 6.07) is 21.8. The van der Waals surface area contributed by atoms with Crippen molar-refractivity contribution in [3.05, 3.63) is 107 Å². The fraction of sp³-hybridized carbons (Fsp3) is 0.241. The lowest BCUT2D eigenvalue weighted by atomic mass is 9.96. The summed E-state index contributed by atoms with van der Waals surface area (Å²) in [6.07, 6.45) is 2.79. The van der Waals surface area contributed by atoms with Gasteiger partial charge in [0.15, 0.2) is 5.11 Å². The second kappa shape index (κ2) is 9.19. The number of hydrogen-bond donors (Lipinski definition) is 2. The minimum atomic E-state index is -0.117. The van der Waals surface area contributed by atoms with Gasteiger partial charge in [-0.3, -0.25) is 4.98 Å². The molecular weight excluding hydrogens is 452 g/mol. The Kier molecular flexibility index (Phi) is 6.07. The van der Waals surface area contributed by atoms with Crippen LogP contribution in [0.2, 0.25) is 0 Å². The van der Waals surface area contributed by atoms with E-state index in [2.05, 4.69) is 71.7 Å². The lowest BCUT2D eigenvalue weighted by Gasteiger charge is -2.28. The quantitative estimate of drug-likeness (QED) is 0.330. The SMILES string of the molecule is CCc1cccc(C)c1-n1c(C)cc([C@H]2[C@H](c3ccccn3)NC(=S)N2c2ccc(O)cc2)c1C. The third kappa shape index (κ3) is 3.98. The number of thiocarbonyl (C=S) groups is 1. The third-order valence-electron chi connectivity index (χ3n) is 6.94. The predicted octanol–water partition coefficient (Wildman–Crippen LogP) is 6.24. The summed E-state index contributed by atoms with van der Waals surface area (Å²) in [5.74, 6) is 0.231. The molecule has 0 aliphatic carbocycles. The van der Waals surface area contributed by atoms with Crippen LogP contribution in [0.1, 0.15) is 52.8 Å². The molecule has 35 heavy (non-hydrogen) atoms. The Morgan fingerprint density at radius 1 is 1.00 bits per heavy atom. The molecule has 1 fully saturated rings. The average Bonchev–Trinajstić information content (AvgIpc) is 3.35. The van der Waals surface area contributed by atoms with Crippen LogP contribution < -0.4 is 10.2 Å². The standard InChI is InChI=1S/C29H30N4OS/c1-5-21-10-8-9-18(2)27(21)32-19(3)17-24(20(32)4)28-26(25-11-6-7-16-30-25)31-29(35)33(28)22-12-14-23(34)15-13-22/h6-17,26,28,34H,5H2,1-4H3,(H,31,35)/t26-,28-/m0/s1. The average molecular weight is 483 g/mol. The summed E-state index contributed by atoms with van der Waals surface area (Å²) >= 11 is 5.86. The van der Waals surface area contributed by atoms with Gasteiger partial charge in [0, 0.05) is 23.3 Å². The molecule has 5 nitrogen and oxygen atoms in total. The second-order valence-corrected chi connectivity index (χ2v) is 9.50. The number of aryl methyl sites for hydroxylation is 3. The highest BCUT2D eigenvalue weighted by Gasteiger charge is 2.42. The van der Waals surface area contributed by atoms with E-state index in [1.54, 1.807) is 12.1 Å². The Balaban J connectivity index is 1.71. The van der Waals surface area contributed by atoms with Crippen molar-refractivity contribution in [3.8, 4) is 11.4 Å². The minimum Gasteiger partial charge on any atom is -0.508 e. The van der Waals surface area contributed by atoms with Crippen LogP contribution in [0, 0.1) is 20.8 Å². The summed E-state index contributed by atoms with van der Waals surface area (Å²) < 4.78 is 2.38. The molecule has 178 valence electrons. The maximum Gasteiger partial charge on any atom is 0.174 e. The van der Waals surface area contributed by atoms with E-state index in [9.17, 15) is 5.11 Å². The molecule has 1 aliphatic heterocycles. The molecule has 0 spiro atoms. The Morgan fingerprint density at radius 3 is 2.46 bits per heavy atom. The molecule has 0 amide bonds. The van der Waals surface area contributed by atoms with Crippen LogP contribution in [0.4, 0.5) is 5.69 Å². The zero-order chi connectivity index (χ0) is 24.7. The molecule has 2 N–H and O–H groups in total. The van der Waals surface area contributed by atoms with E-state index in [1.807, 2.05) is 36.5 Å². The summed E-state index contributed by atoms with van der Waals surface area (Å²) in [7, 11) is 0. The van der Waals surface area contributed by atoms with Crippen molar-refractivity contribution in [3.63, 3.8) is 0 Å². The first-order valence-electron chi connectivity index (χ1n) is 12.0. The van der Waals surface area contributed by atoms with Gasteiger partial charge >= 0.3 is 0 Å². The smallest absolute Gasteiger partial charge is 0.174 e. The van der Waals surface area contributed by atoms with Crippen LogP contribution in [-0.4, -0.2) is 19.8 Å². The van der Waals surface area contributed by atoms with Crippen molar-refractivity contribution in [2.24, 2.45) is 0 Å². The molecule has 2 aromatic carbocycles. The summed E-state index contributed by atoms with van der Waals surface area (Å²) in [5.41, 5.74) is 9.29. The van der Waals surface area contributed by atoms with Gasteiger partial charge in [-0.25, -0.2) is 0 Å². The molecule has 0 radical (unpaired) electrons. The summed E-state index contributed by atoms with van der Waals surface area (Å²) in [5, 5.41) is 14.1. The molecule has 1 saturated heterocycles. The monoisotopic (exact) mass is 482 g/mol. The zero-order valence-electron chi connectivity index (χ0n) is 20.5. The predicted molar refractivity (Wildman–Crippen MR) is 145 cm³/mol. The number of benzene rings is 2. The van der Waals surface area contributed by atoms with Crippen molar-refractivity contribution in [1.82, 2.24) is 14.9 Å². The summed E-state index contributed by atoms with van der Waals surface area (Å²) in [6.45, 7) is 8.75. The van der Waals surface area contributed by atoms with Crippen LogP contribution in [0.15, 0.2) is 72.9 Å². The lowest BCUT2D eigenvalue weighted by molar-refractivity contribution is 0.475. The van der Waals surface area contributed by atoms with E-state index in [4.69, 9.17) is 12.2 Å². The number of hydrogen-bond acceptors (Lipinski definition) is 3. The Hall–Kier alpha value is -3.64. The molecule has 0 saturated carbocycles. The van der Waals surface area contributed by atoms with Crippen molar-refractivity contribution in [1.29, 1.82) is 0 Å². The van der Waals surface area contributed by atoms with Gasteiger partial charge in [-0.15, -0.1) is 0 Å². The molecule has 1 aliphatic rings. The molecule has 6 heteroatoms. The lowest BCUT2D eigenvalue weighted by Crippen LogP contribution is -2.29. The van der Waals surface area contributed by atoms with Crippen molar-refractivity contribution < 1.29 is 5.11 Å². The molecule has 2 atom stereocenters. The van der Waals surface area contributed by atoms with E-state index >= 15 is 0 Å². The fourth-order valence-corrected chi connectivity index (χ4v) is 5.66. The molecular formula is C29H30N4OS. The molecule has 5 rings (SSSR count). The number of phenols is 1. The largest absolute Gasteiger partial charge is 0.508 e. The van der Waals surface area contributed by atoms with Gasteiger partial charge in [0.25, 0.3) is 0 Å². The molecule has 3 heterocycles. The Labute approximate surface area is 212 Å². The molecule has 4 aromatic rings. The van der Waals surface area contributed by atoms with Crippen LogP contribution >= 0.6 is 12.2 Å². The van der Waals surface area contributed by atoms with Crippen molar-refractivity contribution in [2.45, 2.75) is 46.2 Å². The van der Waals surface area contributed by atoms with Crippen LogP contribution in [0.3, 0.4) is 0 Å². The Morgan fingerprint density at radius 2 is 1.77 bits per heavy atom. The first-order chi connectivity index (χ1) is 16.9. The van der Waals surface area contributed by atoms with Gasteiger partial charge in [-0.2, -0.15) is 0 Å². The normalized spacial score (nSPS) is 17.6. The van der Waals surface area contributed by atoms with Crippen molar-refractivity contribution >= 4 is 23.0 Å². The summed E-state index contributed by atoms with van der Waals surface area (Å²) in [4.78, 5) is 6.83. The van der Waals surface area contributed by atoms with E-state index < -0.39 is 0 Å². The van der Waals surface area contributed by atoms with E-state index in [0.29, 0.717) is 5.11 Å². The van der Waals surface area contributed by atoms with Gasteiger partial charge in [0.1, 0.15) is 5.75 Å². The number of pyridine rings is 1. The first kappa shape index (κ1) is 23.1. The van der Waals surface area contributed by atoms with Gasteiger partial charge in [0.05, 0.1) is 23.5 Å². The number of para-hydroxylation sites is 1. The number of aromatic hydroxyl groups is 1. The fourth-order valence-electron chi connectivity index (χ4n) is 5.32. The van der Waals surface area contributed by atoms with Crippen molar-refractivity contribution in [2.75, 3.05) is 4.90 Å². The van der Waals surface area contributed by atoms with E-state index in [-0.39, 0.29) is 17.8 Å². The number of aromatic nitrogens is 2. The second-order valence-electron chi connectivity index (χ2n) is 9.11. The van der Waals surface area contributed by atoms with Crippen LogP contribution in [0.5, 0.6) is 5.75 Å². The minimum absolute atomic E-state index is 0.101. The highest BCUT2D eigenvalue weighted by molar-refractivity contribution is 7.80. The number of phenolic OH excluding ortho intramolecular Hbond substituents is 1. The van der Waals surface area contributed by atoms with Gasteiger partial charge in [-0.1, -0.05) is 31.2 Å². The number of rotatable bonds is 5. The van der Waals surface area contributed by atoms with Gasteiger partial charge in [-0.05, 0) is 98.6 Å². The van der Waals surface area contributed by atoms with Crippen LogP contribution in [-0.2, 0) is 6.42 Å². The first-order valence-corrected chi connectivity index (χ1v) is 12.4.